The van der Waals surface area contributed by atoms with E-state index in [9.17, 15) is 19.2 Å². The molecule has 8 aromatic rings. The second kappa shape index (κ2) is 10.4. The van der Waals surface area contributed by atoms with Crippen LogP contribution in [-0.2, 0) is 0 Å². The van der Waals surface area contributed by atoms with Gasteiger partial charge in [0, 0.05) is 46.1 Å². The second-order valence-corrected chi connectivity index (χ2v) is 14.2. The van der Waals surface area contributed by atoms with Gasteiger partial charge >= 0.3 is 0 Å². The van der Waals surface area contributed by atoms with Crippen LogP contribution in [0.15, 0.2) is 72.8 Å². The first-order valence-corrected chi connectivity index (χ1v) is 18.0. The average Bonchev–Trinajstić information content (AvgIpc) is 3.14. The maximum absolute atomic E-state index is 13.8. The zero-order chi connectivity index (χ0) is 34.0. The molecule has 0 atom stereocenters. The van der Waals surface area contributed by atoms with Gasteiger partial charge in [-0.2, -0.15) is 0 Å². The molecule has 0 saturated heterocycles. The fourth-order valence-electron chi connectivity index (χ4n) is 9.21. The molecule has 0 fully saturated rings. The minimum absolute atomic E-state index is 0.212. The number of carbonyl (C=O) groups excluding carboxylic acids is 4. The van der Waals surface area contributed by atoms with Gasteiger partial charge in [0.25, 0.3) is 23.6 Å². The number of benzene rings is 8. The number of fused-ring (bicyclic) bond motifs is 4. The molecule has 0 aromatic heterocycles. The first kappa shape index (κ1) is 29.3. The van der Waals surface area contributed by atoms with Crippen molar-refractivity contribution in [2.24, 2.45) is 0 Å². The molecule has 50 heavy (non-hydrogen) atoms. The highest BCUT2D eigenvalue weighted by Crippen LogP contribution is 2.49. The van der Waals surface area contributed by atoms with E-state index in [1.54, 1.807) is 0 Å². The molecule has 0 radical (unpaired) electrons. The Bertz CT molecular complexity index is 2470. The van der Waals surface area contributed by atoms with Crippen LogP contribution in [0.4, 0.5) is 0 Å². The summed E-state index contributed by atoms with van der Waals surface area (Å²) < 4.78 is 0. The zero-order valence-corrected chi connectivity index (χ0v) is 28.1. The van der Waals surface area contributed by atoms with E-state index in [4.69, 9.17) is 0 Å². The Balaban J connectivity index is 1.24. The van der Waals surface area contributed by atoms with Gasteiger partial charge in [-0.1, -0.05) is 88.1 Å². The molecular formula is C44H34N2O4. The number of carbonyl (C=O) groups is 4. The van der Waals surface area contributed by atoms with Crippen LogP contribution in [0, 0.1) is 0 Å². The number of hydrogen-bond donors (Lipinski definition) is 0. The average molecular weight is 655 g/mol. The highest BCUT2D eigenvalue weighted by atomic mass is 16.2. The Morgan fingerprint density at radius 2 is 0.580 bits per heavy atom. The van der Waals surface area contributed by atoms with E-state index in [2.05, 4.69) is 62.4 Å². The summed E-state index contributed by atoms with van der Waals surface area (Å²) in [5.41, 5.74) is 2.36. The predicted molar refractivity (Wildman–Crippen MR) is 201 cm³/mol. The van der Waals surface area contributed by atoms with Gasteiger partial charge in [-0.3, -0.25) is 29.0 Å². The van der Waals surface area contributed by atoms with Gasteiger partial charge in [-0.05, 0) is 102 Å². The summed E-state index contributed by atoms with van der Waals surface area (Å²) in [4.78, 5) is 57.9. The van der Waals surface area contributed by atoms with Crippen molar-refractivity contribution in [3.63, 3.8) is 0 Å². The van der Waals surface area contributed by atoms with Crippen molar-refractivity contribution in [1.82, 2.24) is 9.80 Å². The van der Waals surface area contributed by atoms with Gasteiger partial charge < -0.3 is 0 Å². The van der Waals surface area contributed by atoms with Crippen molar-refractivity contribution < 1.29 is 19.2 Å². The molecule has 4 amide bonds. The molecule has 0 unspecified atom stereocenters. The lowest BCUT2D eigenvalue weighted by Crippen LogP contribution is -2.40. The molecule has 0 N–H and O–H groups in total. The highest BCUT2D eigenvalue weighted by Gasteiger charge is 2.36. The van der Waals surface area contributed by atoms with E-state index in [1.165, 1.54) is 9.80 Å². The van der Waals surface area contributed by atoms with Crippen LogP contribution in [0.5, 0.6) is 0 Å². The third-order valence-electron chi connectivity index (χ3n) is 11.5. The molecule has 0 saturated carbocycles. The van der Waals surface area contributed by atoms with Crippen molar-refractivity contribution in [2.45, 2.75) is 52.4 Å². The lowest BCUT2D eigenvalue weighted by molar-refractivity contribution is 0.0592. The van der Waals surface area contributed by atoms with Gasteiger partial charge in [0.15, 0.2) is 0 Å². The third-order valence-corrected chi connectivity index (χ3v) is 11.5. The van der Waals surface area contributed by atoms with E-state index in [1.807, 2.05) is 24.3 Å². The number of hydrogen-bond acceptors (Lipinski definition) is 4. The number of unbranched alkanes of at least 4 members (excludes halogenated alkanes) is 4. The minimum atomic E-state index is -0.212. The fourth-order valence-corrected chi connectivity index (χ4v) is 9.21. The first-order chi connectivity index (χ1) is 24.4. The SMILES string of the molecule is CCCCCN1C(=O)c2ccc3c4ccc5c6ccc7c8c(ccc(c9ccc(c%10ccc(c2c3%10)C1=O)c4c59)c86)C(=O)N(CCCCC)C7=O. The predicted octanol–water partition coefficient (Wildman–Crippen LogP) is 10.2. The highest BCUT2D eigenvalue weighted by molar-refractivity contribution is 6.45. The molecule has 8 aromatic carbocycles. The van der Waals surface area contributed by atoms with Crippen molar-refractivity contribution in [3.05, 3.63) is 95.1 Å². The summed E-state index contributed by atoms with van der Waals surface area (Å²) in [7, 11) is 0. The van der Waals surface area contributed by atoms with Crippen LogP contribution in [0.2, 0.25) is 0 Å². The zero-order valence-electron chi connectivity index (χ0n) is 28.1. The van der Waals surface area contributed by atoms with Crippen LogP contribution in [-0.4, -0.2) is 46.5 Å². The van der Waals surface area contributed by atoms with Gasteiger partial charge in [0.1, 0.15) is 0 Å². The normalized spacial score (nSPS) is 14.9. The molecule has 2 aliphatic heterocycles. The molecule has 244 valence electrons. The topological polar surface area (TPSA) is 74.8 Å². The molecule has 0 bridgehead atoms. The van der Waals surface area contributed by atoms with Gasteiger partial charge in [0.05, 0.1) is 0 Å². The molecule has 2 aliphatic rings. The lowest BCUT2D eigenvalue weighted by atomic mass is 9.81. The summed E-state index contributed by atoms with van der Waals surface area (Å²) in [5.74, 6) is -0.848. The van der Waals surface area contributed by atoms with Crippen LogP contribution < -0.4 is 0 Å². The first-order valence-electron chi connectivity index (χ1n) is 18.0. The standard InChI is InChI=1S/C44H34N2O4/c1-3-5-7-21-45-41(47)31-17-13-27-23-9-11-25-29-15-19-33-40-34(44(50)46(43(33)49)22-8-6-4-2)20-16-30(38(29)40)26-12-10-24(35(23)36(25)26)28-14-18-32(42(45)48)39(31)37(27)28/h9-20H,3-8,21-22H2,1-2H3. The monoisotopic (exact) mass is 654 g/mol. The minimum Gasteiger partial charge on any atom is -0.274 e. The third kappa shape index (κ3) is 3.58. The summed E-state index contributed by atoms with van der Waals surface area (Å²) in [6, 6.07) is 24.5. The Hall–Kier alpha value is -5.62. The number of rotatable bonds is 8. The van der Waals surface area contributed by atoms with E-state index >= 15 is 0 Å². The summed E-state index contributed by atoms with van der Waals surface area (Å²) >= 11 is 0. The quantitative estimate of drug-likeness (QED) is 0.0707. The van der Waals surface area contributed by atoms with Gasteiger partial charge in [-0.25, -0.2) is 0 Å². The van der Waals surface area contributed by atoms with Crippen LogP contribution >= 0.6 is 0 Å². The summed E-state index contributed by atoms with van der Waals surface area (Å²) in [6.07, 6.45) is 5.57. The van der Waals surface area contributed by atoms with Crippen LogP contribution in [0.25, 0.3) is 75.4 Å². The molecule has 6 heteroatoms. The van der Waals surface area contributed by atoms with E-state index < -0.39 is 0 Å². The van der Waals surface area contributed by atoms with E-state index in [0.29, 0.717) is 35.3 Å². The Labute approximate surface area is 287 Å². The maximum Gasteiger partial charge on any atom is 0.261 e. The van der Waals surface area contributed by atoms with Crippen LogP contribution in [0.3, 0.4) is 0 Å². The molecule has 0 spiro atoms. The second-order valence-electron chi connectivity index (χ2n) is 14.2. The van der Waals surface area contributed by atoms with E-state index in [-0.39, 0.29) is 23.6 Å². The molecule has 10 rings (SSSR count). The summed E-state index contributed by atoms with van der Waals surface area (Å²) in [5, 5.41) is 14.1. The lowest BCUT2D eigenvalue weighted by Gasteiger charge is -2.29. The van der Waals surface area contributed by atoms with Crippen molar-refractivity contribution >= 4 is 99.0 Å². The summed E-state index contributed by atoms with van der Waals surface area (Å²) in [6.45, 7) is 5.09. The molecule has 0 aliphatic carbocycles. The fraction of sp³-hybridized carbons (Fsp3) is 0.227. The number of imide groups is 2. The largest absolute Gasteiger partial charge is 0.274 e. The van der Waals surface area contributed by atoms with Crippen molar-refractivity contribution in [2.75, 3.05) is 13.1 Å². The van der Waals surface area contributed by atoms with Gasteiger partial charge in [0.2, 0.25) is 0 Å². The number of nitrogens with zero attached hydrogens (tertiary/aromatic N) is 2. The molecule has 2 heterocycles. The smallest absolute Gasteiger partial charge is 0.261 e. The Kier molecular flexibility index (Phi) is 6.12. The number of amides is 4. The molecule has 6 nitrogen and oxygen atoms in total. The maximum atomic E-state index is 13.8. The van der Waals surface area contributed by atoms with Crippen molar-refractivity contribution in [1.29, 1.82) is 0 Å². The Morgan fingerprint density at radius 3 is 0.840 bits per heavy atom. The van der Waals surface area contributed by atoms with E-state index in [0.717, 1.165) is 114 Å². The van der Waals surface area contributed by atoms with Gasteiger partial charge in [-0.15, -0.1) is 0 Å². The van der Waals surface area contributed by atoms with Crippen molar-refractivity contribution in [3.8, 4) is 0 Å². The molecular weight excluding hydrogens is 620 g/mol. The van der Waals surface area contributed by atoms with Crippen LogP contribution in [0.1, 0.15) is 93.8 Å². The Morgan fingerprint density at radius 1 is 0.340 bits per heavy atom.